The molecule has 1 aliphatic rings. The summed E-state index contributed by atoms with van der Waals surface area (Å²) >= 11 is 6.16. The van der Waals surface area contributed by atoms with Crippen LogP contribution in [0, 0.1) is 19.7 Å². The van der Waals surface area contributed by atoms with Gasteiger partial charge < -0.3 is 9.64 Å². The van der Waals surface area contributed by atoms with Crippen molar-refractivity contribution >= 4 is 27.3 Å². The standard InChI is InChI=1S/C21H23ClFNO4S/c1-14-9-18(10-15(2)21(14)22)28-12-20(25)24(17-7-8-29(26,27)13-17)11-16-5-3-4-6-19(16)23/h3-6,9-10,17H,7-8,11-13H2,1-2H3/t17-/m0/s1. The van der Waals surface area contributed by atoms with Gasteiger partial charge in [0.1, 0.15) is 11.6 Å². The van der Waals surface area contributed by atoms with Gasteiger partial charge in [-0.25, -0.2) is 12.8 Å². The molecule has 0 N–H and O–H groups in total. The van der Waals surface area contributed by atoms with Crippen molar-refractivity contribution in [3.05, 3.63) is 63.9 Å². The molecule has 0 radical (unpaired) electrons. The van der Waals surface area contributed by atoms with E-state index in [1.807, 2.05) is 13.8 Å². The predicted molar refractivity (Wildman–Crippen MR) is 110 cm³/mol. The molecule has 2 aromatic rings. The number of halogens is 2. The Hall–Kier alpha value is -2.12. The van der Waals surface area contributed by atoms with E-state index >= 15 is 0 Å². The van der Waals surface area contributed by atoms with Crippen molar-refractivity contribution in [2.24, 2.45) is 0 Å². The molecule has 0 saturated carbocycles. The van der Waals surface area contributed by atoms with Gasteiger partial charge in [0.2, 0.25) is 0 Å². The van der Waals surface area contributed by atoms with Gasteiger partial charge in [0, 0.05) is 23.2 Å². The number of nitrogens with zero attached hydrogens (tertiary/aromatic N) is 1. The van der Waals surface area contributed by atoms with Crippen LogP contribution in [0.1, 0.15) is 23.1 Å². The van der Waals surface area contributed by atoms with E-state index < -0.39 is 21.7 Å². The highest BCUT2D eigenvalue weighted by Gasteiger charge is 2.35. The largest absolute Gasteiger partial charge is 0.484 e. The number of carbonyl (C=O) groups excluding carboxylic acids is 1. The normalized spacial score (nSPS) is 17.9. The number of hydrogen-bond acceptors (Lipinski definition) is 4. The van der Waals surface area contributed by atoms with Crippen LogP contribution in [0.5, 0.6) is 5.75 Å². The molecule has 3 rings (SSSR count). The minimum atomic E-state index is -3.20. The van der Waals surface area contributed by atoms with Gasteiger partial charge in [-0.15, -0.1) is 0 Å². The van der Waals surface area contributed by atoms with E-state index in [2.05, 4.69) is 0 Å². The summed E-state index contributed by atoms with van der Waals surface area (Å²) in [5.41, 5.74) is 2.00. The summed E-state index contributed by atoms with van der Waals surface area (Å²) in [4.78, 5) is 14.3. The Balaban J connectivity index is 1.78. The van der Waals surface area contributed by atoms with Crippen molar-refractivity contribution in [1.82, 2.24) is 4.90 Å². The maximum absolute atomic E-state index is 14.1. The van der Waals surface area contributed by atoms with Crippen LogP contribution in [0.4, 0.5) is 4.39 Å². The first kappa shape index (κ1) is 21.6. The van der Waals surface area contributed by atoms with E-state index in [0.717, 1.165) is 11.1 Å². The average molecular weight is 440 g/mol. The molecule has 1 aliphatic heterocycles. The molecule has 0 aromatic heterocycles. The van der Waals surface area contributed by atoms with Crippen LogP contribution >= 0.6 is 11.6 Å². The van der Waals surface area contributed by atoms with Gasteiger partial charge in [0.25, 0.3) is 5.91 Å². The number of benzene rings is 2. The molecule has 156 valence electrons. The lowest BCUT2D eigenvalue weighted by atomic mass is 10.1. The second-order valence-corrected chi connectivity index (χ2v) is 9.94. The summed E-state index contributed by atoms with van der Waals surface area (Å²) in [5.74, 6) is -0.416. The van der Waals surface area contributed by atoms with Crippen LogP contribution in [0.2, 0.25) is 5.02 Å². The van der Waals surface area contributed by atoms with Gasteiger partial charge in [-0.1, -0.05) is 29.8 Å². The van der Waals surface area contributed by atoms with Crippen LogP contribution in [-0.4, -0.2) is 43.4 Å². The fourth-order valence-corrected chi connectivity index (χ4v) is 5.31. The fourth-order valence-electron chi connectivity index (χ4n) is 3.47. The minimum Gasteiger partial charge on any atom is -0.484 e. The van der Waals surface area contributed by atoms with E-state index in [1.54, 1.807) is 30.3 Å². The molecule has 0 unspecified atom stereocenters. The maximum atomic E-state index is 14.1. The number of carbonyl (C=O) groups is 1. The predicted octanol–water partition coefficient (Wildman–Crippen LogP) is 3.69. The summed E-state index contributed by atoms with van der Waals surface area (Å²) in [5, 5.41) is 0.640. The highest BCUT2D eigenvalue weighted by atomic mass is 35.5. The van der Waals surface area contributed by atoms with E-state index in [1.165, 1.54) is 11.0 Å². The molecule has 0 bridgehead atoms. The van der Waals surface area contributed by atoms with Crippen molar-refractivity contribution < 1.29 is 22.3 Å². The molecule has 1 amide bonds. The Morgan fingerprint density at radius 2 is 1.90 bits per heavy atom. The second-order valence-electron chi connectivity index (χ2n) is 7.33. The maximum Gasteiger partial charge on any atom is 0.261 e. The highest BCUT2D eigenvalue weighted by molar-refractivity contribution is 7.91. The molecule has 1 heterocycles. The van der Waals surface area contributed by atoms with Gasteiger partial charge in [-0.05, 0) is 49.6 Å². The van der Waals surface area contributed by atoms with Crippen molar-refractivity contribution in [2.75, 3.05) is 18.1 Å². The van der Waals surface area contributed by atoms with Crippen LogP contribution in [0.15, 0.2) is 36.4 Å². The second kappa shape index (κ2) is 8.71. The molecule has 1 fully saturated rings. The van der Waals surface area contributed by atoms with Crippen LogP contribution in [0.3, 0.4) is 0 Å². The molecule has 0 spiro atoms. The molecule has 0 aliphatic carbocycles. The number of rotatable bonds is 6. The first-order chi connectivity index (χ1) is 13.7. The highest BCUT2D eigenvalue weighted by Crippen LogP contribution is 2.26. The lowest BCUT2D eigenvalue weighted by molar-refractivity contribution is -0.136. The Kier molecular flexibility index (Phi) is 6.49. The fraction of sp³-hybridized carbons (Fsp3) is 0.381. The van der Waals surface area contributed by atoms with Gasteiger partial charge in [0.15, 0.2) is 16.4 Å². The zero-order valence-electron chi connectivity index (χ0n) is 16.3. The SMILES string of the molecule is Cc1cc(OCC(=O)N(Cc2ccccc2F)[C@H]2CCS(=O)(=O)C2)cc(C)c1Cl. The third-order valence-electron chi connectivity index (χ3n) is 5.04. The van der Waals surface area contributed by atoms with Crippen LogP contribution < -0.4 is 4.74 Å². The number of hydrogen-bond donors (Lipinski definition) is 0. The van der Waals surface area contributed by atoms with Gasteiger partial charge >= 0.3 is 0 Å². The topological polar surface area (TPSA) is 63.7 Å². The van der Waals surface area contributed by atoms with Gasteiger partial charge in [-0.2, -0.15) is 0 Å². The summed E-state index contributed by atoms with van der Waals surface area (Å²) < 4.78 is 43.6. The molecular weight excluding hydrogens is 417 g/mol. The lowest BCUT2D eigenvalue weighted by Crippen LogP contribution is -2.43. The van der Waals surface area contributed by atoms with Crippen molar-refractivity contribution in [3.8, 4) is 5.75 Å². The molecule has 8 heteroatoms. The third-order valence-corrected chi connectivity index (χ3v) is 7.39. The van der Waals surface area contributed by atoms with Crippen LogP contribution in [0.25, 0.3) is 0 Å². The summed E-state index contributed by atoms with van der Waals surface area (Å²) in [6, 6.07) is 9.14. The number of sulfone groups is 1. The summed E-state index contributed by atoms with van der Waals surface area (Å²) in [6.45, 7) is 3.41. The number of amides is 1. The van der Waals surface area contributed by atoms with E-state index in [-0.39, 0.29) is 30.6 Å². The molecule has 2 aromatic carbocycles. The quantitative estimate of drug-likeness (QED) is 0.688. The third kappa shape index (κ3) is 5.28. The lowest BCUT2D eigenvalue weighted by Gasteiger charge is -2.28. The van der Waals surface area contributed by atoms with Gasteiger partial charge in [0.05, 0.1) is 11.5 Å². The summed E-state index contributed by atoms with van der Waals surface area (Å²) in [6.07, 6.45) is 0.335. The Morgan fingerprint density at radius 1 is 1.24 bits per heavy atom. The minimum absolute atomic E-state index is 0.00622. The number of aryl methyl sites for hydroxylation is 2. The monoisotopic (exact) mass is 439 g/mol. The van der Waals surface area contributed by atoms with Crippen LogP contribution in [-0.2, 0) is 21.2 Å². The van der Waals surface area contributed by atoms with E-state index in [9.17, 15) is 17.6 Å². The zero-order valence-corrected chi connectivity index (χ0v) is 17.9. The molecule has 1 atom stereocenters. The molecule has 5 nitrogen and oxygen atoms in total. The van der Waals surface area contributed by atoms with Crippen molar-refractivity contribution in [1.29, 1.82) is 0 Å². The zero-order chi connectivity index (χ0) is 21.2. The first-order valence-corrected chi connectivity index (χ1v) is 11.5. The Bertz CT molecular complexity index is 1000. The van der Waals surface area contributed by atoms with E-state index in [0.29, 0.717) is 22.8 Å². The smallest absolute Gasteiger partial charge is 0.261 e. The molecular formula is C21H23ClFNO4S. The molecule has 1 saturated heterocycles. The van der Waals surface area contributed by atoms with Crippen molar-refractivity contribution in [3.63, 3.8) is 0 Å². The van der Waals surface area contributed by atoms with Crippen molar-refractivity contribution in [2.45, 2.75) is 32.9 Å². The first-order valence-electron chi connectivity index (χ1n) is 9.29. The average Bonchev–Trinajstić information content (AvgIpc) is 3.02. The Labute approximate surface area is 175 Å². The van der Waals surface area contributed by atoms with Gasteiger partial charge in [-0.3, -0.25) is 4.79 Å². The Morgan fingerprint density at radius 3 is 2.48 bits per heavy atom. The number of ether oxygens (including phenoxy) is 1. The molecule has 29 heavy (non-hydrogen) atoms. The summed E-state index contributed by atoms with van der Waals surface area (Å²) in [7, 11) is -3.20. The van der Waals surface area contributed by atoms with E-state index in [4.69, 9.17) is 16.3 Å².